The first-order chi connectivity index (χ1) is 33.0. The van der Waals surface area contributed by atoms with E-state index in [-0.39, 0.29) is 5.56 Å². The van der Waals surface area contributed by atoms with Gasteiger partial charge in [-0.25, -0.2) is 8.78 Å². The largest absolute Gasteiger partial charge is 0.372 e. The lowest BCUT2D eigenvalue weighted by molar-refractivity contribution is 0.147. The average Bonchev–Trinajstić information content (AvgIpc) is 4.06. The van der Waals surface area contributed by atoms with Crippen molar-refractivity contribution in [2.75, 3.05) is 92.1 Å². The van der Waals surface area contributed by atoms with E-state index in [1.54, 1.807) is 16.9 Å². The number of aryl methyl sites for hydroxylation is 2. The van der Waals surface area contributed by atoms with Crippen LogP contribution in [0, 0.1) is 22.7 Å². The highest BCUT2D eigenvalue weighted by Gasteiger charge is 2.46. The maximum atomic E-state index is 14.7. The summed E-state index contributed by atoms with van der Waals surface area (Å²) in [6, 6.07) is 22.0. The fraction of sp³-hybridized carbons (Fsp3) is 0.537. The minimum absolute atomic E-state index is 0.0600. The Hall–Kier alpha value is -5.16. The molecule has 5 aromatic rings. The zero-order valence-corrected chi connectivity index (χ0v) is 40.8. The third-order valence-electron chi connectivity index (χ3n) is 17.1. The van der Waals surface area contributed by atoms with Crippen molar-refractivity contribution >= 4 is 40.2 Å². The van der Waals surface area contributed by atoms with Crippen molar-refractivity contribution in [1.29, 1.82) is 5.26 Å². The molecule has 14 heteroatoms. The van der Waals surface area contributed by atoms with Gasteiger partial charge in [-0.3, -0.25) is 9.36 Å². The Morgan fingerprint density at radius 2 is 1.53 bits per heavy atom. The summed E-state index contributed by atoms with van der Waals surface area (Å²) in [4.78, 5) is 15.0. The molecule has 0 aliphatic carbocycles. The molecule has 3 aromatic carbocycles. The average molecular weight is 943 g/mol. The minimum Gasteiger partial charge on any atom is -0.372 e. The molecule has 1 unspecified atom stereocenters. The molecule has 4 saturated heterocycles. The molecule has 6 aliphatic heterocycles. The van der Waals surface area contributed by atoms with Gasteiger partial charge in [-0.2, -0.15) is 15.5 Å². The lowest BCUT2D eigenvalue weighted by Gasteiger charge is -2.44. The van der Waals surface area contributed by atoms with E-state index in [0.29, 0.717) is 39.6 Å². The molecule has 6 aliphatic rings. The fourth-order valence-corrected chi connectivity index (χ4v) is 13.2. The number of fused-ring (bicyclic) bond motifs is 2. The number of piperidine rings is 3. The molecular weight excluding hydrogens is 876 g/mol. The number of likely N-dealkylation sites (tertiary alicyclic amines) is 1. The Bertz CT molecular complexity index is 2650. The van der Waals surface area contributed by atoms with Crippen LogP contribution in [-0.4, -0.2) is 108 Å². The van der Waals surface area contributed by atoms with E-state index >= 15 is 0 Å². The Kier molecular flexibility index (Phi) is 12.4. The Morgan fingerprint density at radius 3 is 2.21 bits per heavy atom. The SMILES string of the molecule is CC1N(c2ccc(C#N)c(Cl)c2)CCC12CCN(c1ccc(N3CCC(CN4CCC(n5nc(N6CCCc7cc(-c8cnn(C)c8)c(C(F)F)cc76)c6c5CCN(C)C6)CC4)CC3)cc1)CC2. The summed E-state index contributed by atoms with van der Waals surface area (Å²) >= 11 is 6.43. The number of hydrogen-bond donors (Lipinski definition) is 0. The first-order valence-electron chi connectivity index (χ1n) is 25.3. The van der Waals surface area contributed by atoms with Gasteiger partial charge < -0.3 is 29.4 Å². The predicted octanol–water partition coefficient (Wildman–Crippen LogP) is 10.3. The molecule has 0 bridgehead atoms. The van der Waals surface area contributed by atoms with E-state index in [4.69, 9.17) is 16.7 Å². The van der Waals surface area contributed by atoms with Crippen molar-refractivity contribution in [3.63, 3.8) is 0 Å². The van der Waals surface area contributed by atoms with Crippen molar-refractivity contribution in [3.8, 4) is 17.2 Å². The van der Waals surface area contributed by atoms with Crippen molar-refractivity contribution in [3.05, 3.63) is 100.0 Å². The van der Waals surface area contributed by atoms with Crippen LogP contribution in [-0.2, 0) is 26.4 Å². The topological polar surface area (TPSA) is 78.9 Å². The standard InChI is InChI=1S/C54H66ClF2N11/c1-37-54(19-28-66(37)45-7-6-40(32-58)49(55)30-45)17-26-65(27-18-54)43-10-8-42(9-11-43)64-24-12-38(13-25-64)34-63-22-14-44(15-23-63)68-50-16-21-61(2)36-48(50)53(60-68)67-20-4-5-39-29-46(41-33-59-62(3)35-41)47(52(56)57)31-51(39)67/h6-11,29-31,33,35,37-38,44,52H,4-5,12-28,34,36H2,1-3H3. The summed E-state index contributed by atoms with van der Waals surface area (Å²) in [6.45, 7) is 13.7. The van der Waals surface area contributed by atoms with Crippen molar-refractivity contribution in [2.45, 2.75) is 96.2 Å². The number of anilines is 5. The number of nitrogens with zero attached hydrogens (tertiary/aromatic N) is 11. The summed E-state index contributed by atoms with van der Waals surface area (Å²) in [5, 5.41) is 19.6. The number of halogens is 3. The van der Waals surface area contributed by atoms with E-state index in [0.717, 1.165) is 126 Å². The summed E-state index contributed by atoms with van der Waals surface area (Å²) in [5.41, 5.74) is 10.6. The molecule has 11 nitrogen and oxygen atoms in total. The summed E-state index contributed by atoms with van der Waals surface area (Å²) in [6.07, 6.45) is 11.9. The zero-order chi connectivity index (χ0) is 46.7. The number of hydrogen-bond acceptors (Lipinski definition) is 9. The summed E-state index contributed by atoms with van der Waals surface area (Å²) in [7, 11) is 4.00. The highest BCUT2D eigenvalue weighted by atomic mass is 35.5. The van der Waals surface area contributed by atoms with Gasteiger partial charge in [0.15, 0.2) is 5.82 Å². The third-order valence-corrected chi connectivity index (χ3v) is 17.4. The van der Waals surface area contributed by atoms with Crippen molar-refractivity contribution in [1.82, 2.24) is 29.4 Å². The van der Waals surface area contributed by atoms with E-state index in [1.807, 2.05) is 31.4 Å². The number of likely N-dealkylation sites (N-methyl/N-ethyl adjacent to an activating group) is 1. The van der Waals surface area contributed by atoms with E-state index in [1.165, 1.54) is 61.3 Å². The Morgan fingerprint density at radius 1 is 0.824 bits per heavy atom. The van der Waals surface area contributed by atoms with Crippen LogP contribution >= 0.6 is 11.6 Å². The number of nitriles is 1. The Balaban J connectivity index is 0.683. The molecule has 0 saturated carbocycles. The highest BCUT2D eigenvalue weighted by molar-refractivity contribution is 6.32. The van der Waals surface area contributed by atoms with Crippen LogP contribution in [0.15, 0.2) is 67.0 Å². The second kappa shape index (κ2) is 18.6. The number of benzene rings is 3. The molecule has 0 amide bonds. The van der Waals surface area contributed by atoms with Gasteiger partial charge in [-0.1, -0.05) is 11.6 Å². The van der Waals surface area contributed by atoms with Crippen molar-refractivity contribution < 1.29 is 8.78 Å². The fourth-order valence-electron chi connectivity index (χ4n) is 13.0. The van der Waals surface area contributed by atoms with E-state index in [9.17, 15) is 14.0 Å². The van der Waals surface area contributed by atoms with Gasteiger partial charge in [0.25, 0.3) is 6.43 Å². The van der Waals surface area contributed by atoms with Crippen LogP contribution in [0.2, 0.25) is 5.02 Å². The molecule has 0 radical (unpaired) electrons. The minimum atomic E-state index is -2.59. The lowest BCUT2D eigenvalue weighted by Crippen LogP contribution is -2.46. The van der Waals surface area contributed by atoms with Crippen molar-refractivity contribution in [2.24, 2.45) is 18.4 Å². The quantitative estimate of drug-likeness (QED) is 0.144. The first-order valence-corrected chi connectivity index (χ1v) is 25.7. The van der Waals surface area contributed by atoms with Crippen LogP contribution < -0.4 is 19.6 Å². The van der Waals surface area contributed by atoms with Gasteiger partial charge in [-0.05, 0) is 149 Å². The molecule has 4 fully saturated rings. The summed E-state index contributed by atoms with van der Waals surface area (Å²) < 4.78 is 33.5. The van der Waals surface area contributed by atoms with Crippen LogP contribution in [0.25, 0.3) is 11.1 Å². The molecule has 8 heterocycles. The molecule has 358 valence electrons. The molecule has 11 rings (SSSR count). The molecule has 1 spiro atoms. The van der Waals surface area contributed by atoms with Crippen LogP contribution in [0.3, 0.4) is 0 Å². The van der Waals surface area contributed by atoms with Gasteiger partial charge >= 0.3 is 0 Å². The monoisotopic (exact) mass is 942 g/mol. The zero-order valence-electron chi connectivity index (χ0n) is 40.1. The first kappa shape index (κ1) is 45.3. The van der Waals surface area contributed by atoms with Gasteiger partial charge in [-0.15, -0.1) is 0 Å². The molecular formula is C54H66ClF2N11. The molecule has 68 heavy (non-hydrogen) atoms. The van der Waals surface area contributed by atoms with Crippen LogP contribution in [0.1, 0.15) is 98.7 Å². The summed E-state index contributed by atoms with van der Waals surface area (Å²) in [5.74, 6) is 1.67. The normalized spacial score (nSPS) is 21.8. The molecule has 2 aromatic heterocycles. The second-order valence-corrected chi connectivity index (χ2v) is 21.3. The smallest absolute Gasteiger partial charge is 0.264 e. The molecule has 1 atom stereocenters. The molecule has 0 N–H and O–H groups in total. The highest BCUT2D eigenvalue weighted by Crippen LogP contribution is 2.48. The second-order valence-electron chi connectivity index (χ2n) is 20.9. The van der Waals surface area contributed by atoms with Gasteiger partial charge in [0.2, 0.25) is 0 Å². The number of aromatic nitrogens is 4. The van der Waals surface area contributed by atoms with E-state index in [2.05, 4.69) is 89.6 Å². The van der Waals surface area contributed by atoms with Crippen LogP contribution in [0.4, 0.5) is 37.3 Å². The third kappa shape index (κ3) is 8.53. The maximum absolute atomic E-state index is 14.7. The van der Waals surface area contributed by atoms with Gasteiger partial charge in [0, 0.05) is 143 Å². The maximum Gasteiger partial charge on any atom is 0.264 e. The lowest BCUT2D eigenvalue weighted by atomic mass is 9.73. The van der Waals surface area contributed by atoms with Gasteiger partial charge in [0.1, 0.15) is 6.07 Å². The van der Waals surface area contributed by atoms with Gasteiger partial charge in [0.05, 0.1) is 22.8 Å². The number of alkyl halides is 2. The number of rotatable bonds is 9. The predicted molar refractivity (Wildman–Crippen MR) is 269 cm³/mol. The Labute approximate surface area is 405 Å². The van der Waals surface area contributed by atoms with E-state index < -0.39 is 6.43 Å². The van der Waals surface area contributed by atoms with Crippen LogP contribution in [0.5, 0.6) is 0 Å².